The van der Waals surface area contributed by atoms with Gasteiger partial charge in [-0.15, -0.1) is 0 Å². The minimum Gasteiger partial charge on any atom is -0.407 e. The summed E-state index contributed by atoms with van der Waals surface area (Å²) in [5.74, 6) is 4.61. The van der Waals surface area contributed by atoms with Crippen LogP contribution in [-0.2, 0) is 9.22 Å². The van der Waals surface area contributed by atoms with Gasteiger partial charge in [-0.2, -0.15) is 0 Å². The molecule has 2 unspecified atom stereocenters. The second kappa shape index (κ2) is 6.69. The van der Waals surface area contributed by atoms with Crippen LogP contribution < -0.4 is 0 Å². The second-order valence-electron chi connectivity index (χ2n) is 12.3. The maximum absolute atomic E-state index is 12.9. The summed E-state index contributed by atoms with van der Waals surface area (Å²) in [6, 6.07) is 0. The molecule has 4 aliphatic carbocycles. The molecule has 4 saturated carbocycles. The van der Waals surface area contributed by atoms with E-state index in [4.69, 9.17) is 4.43 Å². The van der Waals surface area contributed by atoms with Crippen molar-refractivity contribution in [1.82, 2.24) is 0 Å². The first-order chi connectivity index (χ1) is 12.5. The van der Waals surface area contributed by atoms with E-state index in [0.29, 0.717) is 17.1 Å². The number of Topliss-reactive ketones (excluding diaryl/α,β-unsaturated/α-hetero) is 1. The van der Waals surface area contributed by atoms with Gasteiger partial charge in [0.15, 0.2) is 14.1 Å². The first-order valence-corrected chi connectivity index (χ1v) is 14.6. The summed E-state index contributed by atoms with van der Waals surface area (Å²) < 4.78 is 6.68. The molecule has 0 amide bonds. The standard InChI is InChI=1S/C24H42O2Si/c1-23(2,3)27(5,6)26-22-15-19-16(14-21(22)25)9-10-18-17(19)11-13-24(4)12-7-8-20(18)24/h16-20,22H,7-15H2,1-6H3/t16?,17-,18+,19-,20-,22?,24-/m0/s1. The number of hydrogen-bond acceptors (Lipinski definition) is 2. The molecule has 7 atom stereocenters. The normalized spacial score (nSPS) is 45.2. The largest absolute Gasteiger partial charge is 0.407 e. The fourth-order valence-electron chi connectivity index (χ4n) is 7.26. The van der Waals surface area contributed by atoms with Gasteiger partial charge in [0.05, 0.1) is 0 Å². The summed E-state index contributed by atoms with van der Waals surface area (Å²) in [5.41, 5.74) is 0.634. The van der Waals surface area contributed by atoms with Crippen LogP contribution in [0, 0.1) is 35.0 Å². The zero-order valence-electron chi connectivity index (χ0n) is 18.6. The van der Waals surface area contributed by atoms with Crippen LogP contribution in [0.3, 0.4) is 0 Å². The Morgan fingerprint density at radius 3 is 2.44 bits per heavy atom. The van der Waals surface area contributed by atoms with Crippen LogP contribution in [0.4, 0.5) is 0 Å². The van der Waals surface area contributed by atoms with Crippen molar-refractivity contribution in [3.8, 4) is 0 Å². The molecular weight excluding hydrogens is 348 g/mol. The molecule has 0 aliphatic heterocycles. The number of ketones is 1. The number of hydrogen-bond donors (Lipinski definition) is 0. The van der Waals surface area contributed by atoms with Gasteiger partial charge in [0.25, 0.3) is 0 Å². The van der Waals surface area contributed by atoms with Gasteiger partial charge in [0.2, 0.25) is 0 Å². The van der Waals surface area contributed by atoms with E-state index >= 15 is 0 Å². The van der Waals surface area contributed by atoms with Gasteiger partial charge < -0.3 is 4.43 Å². The minimum absolute atomic E-state index is 0.109. The topological polar surface area (TPSA) is 26.3 Å². The van der Waals surface area contributed by atoms with E-state index < -0.39 is 8.32 Å². The van der Waals surface area contributed by atoms with E-state index in [9.17, 15) is 4.79 Å². The van der Waals surface area contributed by atoms with Crippen molar-refractivity contribution < 1.29 is 9.22 Å². The van der Waals surface area contributed by atoms with Gasteiger partial charge in [0, 0.05) is 6.42 Å². The molecule has 0 heterocycles. The Labute approximate surface area is 168 Å². The quantitative estimate of drug-likeness (QED) is 0.497. The molecule has 4 rings (SSSR count). The van der Waals surface area contributed by atoms with E-state index in [0.717, 1.165) is 36.5 Å². The predicted octanol–water partition coefficient (Wildman–Crippen LogP) is 6.60. The molecule has 0 bridgehead atoms. The lowest BCUT2D eigenvalue weighted by Gasteiger charge is -2.55. The van der Waals surface area contributed by atoms with Crippen LogP contribution in [0.2, 0.25) is 18.1 Å². The lowest BCUT2D eigenvalue weighted by Crippen LogP contribution is -2.53. The van der Waals surface area contributed by atoms with Gasteiger partial charge in [-0.05, 0) is 98.1 Å². The van der Waals surface area contributed by atoms with Crippen molar-refractivity contribution in [3.63, 3.8) is 0 Å². The second-order valence-corrected chi connectivity index (χ2v) is 17.0. The average Bonchev–Trinajstić information content (AvgIpc) is 2.96. The number of carbonyl (C=O) groups excluding carboxylic acids is 1. The van der Waals surface area contributed by atoms with E-state index in [1.165, 1.54) is 44.9 Å². The molecule has 0 radical (unpaired) electrons. The summed E-state index contributed by atoms with van der Waals surface area (Å²) >= 11 is 0. The van der Waals surface area contributed by atoms with Crippen molar-refractivity contribution >= 4 is 14.1 Å². The third-order valence-corrected chi connectivity index (χ3v) is 14.3. The molecule has 2 nitrogen and oxygen atoms in total. The minimum atomic E-state index is -1.89. The molecule has 4 aliphatic rings. The van der Waals surface area contributed by atoms with Crippen molar-refractivity contribution in [1.29, 1.82) is 0 Å². The van der Waals surface area contributed by atoms with Gasteiger partial charge in [-0.3, -0.25) is 4.79 Å². The Hall–Kier alpha value is -0.153. The Kier molecular flexibility index (Phi) is 4.99. The van der Waals surface area contributed by atoms with Gasteiger partial charge in [0.1, 0.15) is 6.10 Å². The highest BCUT2D eigenvalue weighted by molar-refractivity contribution is 6.74. The molecule has 3 heteroatoms. The van der Waals surface area contributed by atoms with Crippen LogP contribution in [0.25, 0.3) is 0 Å². The summed E-state index contributed by atoms with van der Waals surface area (Å²) in [5, 5.41) is 0.176. The molecular formula is C24H42O2Si. The lowest BCUT2D eigenvalue weighted by molar-refractivity contribution is -0.138. The predicted molar refractivity (Wildman–Crippen MR) is 114 cm³/mol. The van der Waals surface area contributed by atoms with Gasteiger partial charge in [-0.1, -0.05) is 34.1 Å². The monoisotopic (exact) mass is 390 g/mol. The number of carbonyl (C=O) groups is 1. The molecule has 27 heavy (non-hydrogen) atoms. The van der Waals surface area contributed by atoms with E-state index in [1.807, 2.05) is 0 Å². The molecule has 0 spiro atoms. The van der Waals surface area contributed by atoms with E-state index in [-0.39, 0.29) is 11.1 Å². The third-order valence-electron chi connectivity index (χ3n) is 9.85. The van der Waals surface area contributed by atoms with E-state index in [2.05, 4.69) is 40.8 Å². The highest BCUT2D eigenvalue weighted by Gasteiger charge is 2.55. The van der Waals surface area contributed by atoms with Crippen molar-refractivity contribution in [2.24, 2.45) is 35.0 Å². The first kappa shape index (κ1) is 20.1. The average molecular weight is 391 g/mol. The molecule has 0 aromatic rings. The molecule has 154 valence electrons. The summed E-state index contributed by atoms with van der Waals surface area (Å²) in [4.78, 5) is 12.9. The molecule has 4 fully saturated rings. The summed E-state index contributed by atoms with van der Waals surface area (Å²) in [6.45, 7) is 14.1. The Balaban J connectivity index is 1.51. The van der Waals surface area contributed by atoms with Crippen molar-refractivity contribution in [3.05, 3.63) is 0 Å². The zero-order valence-corrected chi connectivity index (χ0v) is 19.6. The van der Waals surface area contributed by atoms with Gasteiger partial charge >= 0.3 is 0 Å². The molecule has 0 N–H and O–H groups in total. The van der Waals surface area contributed by atoms with Crippen LogP contribution in [0.5, 0.6) is 0 Å². The van der Waals surface area contributed by atoms with Crippen LogP contribution >= 0.6 is 0 Å². The van der Waals surface area contributed by atoms with Crippen LogP contribution in [0.15, 0.2) is 0 Å². The molecule has 0 aromatic carbocycles. The van der Waals surface area contributed by atoms with Crippen LogP contribution in [0.1, 0.15) is 85.5 Å². The first-order valence-electron chi connectivity index (χ1n) is 11.7. The SMILES string of the molecule is CC(C)(C)[Si](C)(C)OC1C[C@H]2C(CC[C@@H]3[C@@H]2CC[C@]2(C)CCC[C@@H]32)CC1=O. The molecule has 0 aromatic heterocycles. The lowest BCUT2D eigenvalue weighted by atomic mass is 9.50. The summed E-state index contributed by atoms with van der Waals surface area (Å²) in [6.07, 6.45) is 11.7. The maximum Gasteiger partial charge on any atom is 0.193 e. The van der Waals surface area contributed by atoms with E-state index in [1.54, 1.807) is 0 Å². The summed E-state index contributed by atoms with van der Waals surface area (Å²) in [7, 11) is -1.89. The Morgan fingerprint density at radius 2 is 1.74 bits per heavy atom. The smallest absolute Gasteiger partial charge is 0.193 e. The Morgan fingerprint density at radius 1 is 1.00 bits per heavy atom. The van der Waals surface area contributed by atoms with Crippen LogP contribution in [-0.4, -0.2) is 20.2 Å². The fourth-order valence-corrected chi connectivity index (χ4v) is 8.55. The fraction of sp³-hybridized carbons (Fsp3) is 0.958. The van der Waals surface area contributed by atoms with Crippen molar-refractivity contribution in [2.45, 2.75) is 110 Å². The molecule has 0 saturated heterocycles. The van der Waals surface area contributed by atoms with Crippen molar-refractivity contribution in [2.75, 3.05) is 0 Å². The number of fused-ring (bicyclic) bond motifs is 5. The zero-order chi connectivity index (χ0) is 19.6. The third kappa shape index (κ3) is 3.39. The Bertz CT molecular complexity index is 592. The van der Waals surface area contributed by atoms with Gasteiger partial charge in [-0.25, -0.2) is 0 Å². The highest BCUT2D eigenvalue weighted by Crippen LogP contribution is 2.62. The number of rotatable bonds is 2. The maximum atomic E-state index is 12.9. The highest BCUT2D eigenvalue weighted by atomic mass is 28.4.